The molecular weight excluding hydrogens is 416 g/mol. The molecule has 0 spiro atoms. The van der Waals surface area contributed by atoms with Crippen molar-refractivity contribution in [3.8, 4) is 0 Å². The quantitative estimate of drug-likeness (QED) is 0.611. The SMILES string of the molecule is O=C(CCCN1C(=O)c2ccccc2N2C(=O)c3ccccc3C12)NCCc1ccccn1. The molecule has 0 saturated heterocycles. The molecule has 2 aliphatic rings. The number of amides is 3. The second kappa shape index (κ2) is 8.86. The molecule has 0 fully saturated rings. The Labute approximate surface area is 192 Å². The van der Waals surface area contributed by atoms with Crippen molar-refractivity contribution in [1.82, 2.24) is 15.2 Å². The first kappa shape index (κ1) is 20.9. The van der Waals surface area contributed by atoms with Crippen LogP contribution in [0.25, 0.3) is 0 Å². The number of aromatic nitrogens is 1. The summed E-state index contributed by atoms with van der Waals surface area (Å²) in [5.41, 5.74) is 3.52. The highest BCUT2D eigenvalue weighted by Gasteiger charge is 2.47. The minimum absolute atomic E-state index is 0.0597. The van der Waals surface area contributed by atoms with Crippen LogP contribution < -0.4 is 10.2 Å². The highest BCUT2D eigenvalue weighted by atomic mass is 16.2. The maximum absolute atomic E-state index is 13.4. The van der Waals surface area contributed by atoms with Gasteiger partial charge in [-0.25, -0.2) is 0 Å². The van der Waals surface area contributed by atoms with E-state index >= 15 is 0 Å². The summed E-state index contributed by atoms with van der Waals surface area (Å²) in [6.45, 7) is 0.897. The van der Waals surface area contributed by atoms with E-state index in [1.807, 2.05) is 48.5 Å². The molecule has 1 N–H and O–H groups in total. The molecule has 0 aliphatic carbocycles. The maximum Gasteiger partial charge on any atom is 0.260 e. The van der Waals surface area contributed by atoms with Gasteiger partial charge in [-0.2, -0.15) is 0 Å². The molecule has 0 bridgehead atoms. The smallest absolute Gasteiger partial charge is 0.260 e. The van der Waals surface area contributed by atoms with Gasteiger partial charge in [-0.15, -0.1) is 0 Å². The lowest BCUT2D eigenvalue weighted by Crippen LogP contribution is -2.48. The summed E-state index contributed by atoms with van der Waals surface area (Å²) >= 11 is 0. The molecule has 3 amide bonds. The minimum atomic E-state index is -0.483. The third kappa shape index (κ3) is 3.86. The van der Waals surface area contributed by atoms with Crippen molar-refractivity contribution in [2.75, 3.05) is 18.0 Å². The lowest BCUT2D eigenvalue weighted by atomic mass is 10.0. The zero-order valence-electron chi connectivity index (χ0n) is 18.1. The Bertz CT molecular complexity index is 1210. The fourth-order valence-corrected chi connectivity index (χ4v) is 4.57. The Morgan fingerprint density at radius 1 is 0.909 bits per heavy atom. The van der Waals surface area contributed by atoms with Crippen LogP contribution in [0.1, 0.15) is 51.0 Å². The normalized spacial score (nSPS) is 16.3. The summed E-state index contributed by atoms with van der Waals surface area (Å²) in [4.78, 5) is 46.5. The summed E-state index contributed by atoms with van der Waals surface area (Å²) in [5.74, 6) is -0.282. The van der Waals surface area contributed by atoms with Crippen molar-refractivity contribution < 1.29 is 14.4 Å². The molecule has 0 saturated carbocycles. The van der Waals surface area contributed by atoms with Gasteiger partial charge in [-0.1, -0.05) is 36.4 Å². The average molecular weight is 441 g/mol. The van der Waals surface area contributed by atoms with Gasteiger partial charge >= 0.3 is 0 Å². The molecule has 3 aromatic rings. The summed E-state index contributed by atoms with van der Waals surface area (Å²) < 4.78 is 0. The van der Waals surface area contributed by atoms with E-state index in [9.17, 15) is 14.4 Å². The second-order valence-corrected chi connectivity index (χ2v) is 8.18. The molecule has 5 rings (SSSR count). The Kier molecular flexibility index (Phi) is 5.60. The van der Waals surface area contributed by atoms with Gasteiger partial charge in [0, 0.05) is 48.9 Å². The molecule has 1 aromatic heterocycles. The molecule has 1 atom stereocenters. The van der Waals surface area contributed by atoms with Crippen LogP contribution in [-0.2, 0) is 11.2 Å². The molecule has 2 aliphatic heterocycles. The molecule has 1 unspecified atom stereocenters. The number of carbonyl (C=O) groups excluding carboxylic acids is 3. The van der Waals surface area contributed by atoms with Crippen molar-refractivity contribution in [2.45, 2.75) is 25.4 Å². The summed E-state index contributed by atoms with van der Waals surface area (Å²) in [6.07, 6.45) is 2.73. The zero-order valence-corrected chi connectivity index (χ0v) is 18.1. The van der Waals surface area contributed by atoms with Gasteiger partial charge in [-0.05, 0) is 36.8 Å². The first-order chi connectivity index (χ1) is 16.1. The number of fused-ring (bicyclic) bond motifs is 5. The van der Waals surface area contributed by atoms with Crippen LogP contribution in [0.2, 0.25) is 0 Å². The number of hydrogen-bond acceptors (Lipinski definition) is 4. The molecule has 0 radical (unpaired) electrons. The van der Waals surface area contributed by atoms with Crippen LogP contribution in [0.4, 0.5) is 5.69 Å². The summed E-state index contributed by atoms with van der Waals surface area (Å²) in [7, 11) is 0. The summed E-state index contributed by atoms with van der Waals surface area (Å²) in [5, 5.41) is 2.92. The molecule has 7 heteroatoms. The molecule has 3 heterocycles. The number of nitrogens with zero attached hydrogens (tertiary/aromatic N) is 3. The lowest BCUT2D eigenvalue weighted by Gasteiger charge is -2.41. The minimum Gasteiger partial charge on any atom is -0.356 e. The fraction of sp³-hybridized carbons (Fsp3) is 0.231. The Morgan fingerprint density at radius 2 is 1.67 bits per heavy atom. The number of pyridine rings is 1. The van der Waals surface area contributed by atoms with E-state index in [-0.39, 0.29) is 17.7 Å². The van der Waals surface area contributed by atoms with Gasteiger partial charge in [0.05, 0.1) is 11.3 Å². The van der Waals surface area contributed by atoms with Crippen molar-refractivity contribution in [2.24, 2.45) is 0 Å². The fourth-order valence-electron chi connectivity index (χ4n) is 4.57. The molecule has 2 aromatic carbocycles. The lowest BCUT2D eigenvalue weighted by molar-refractivity contribution is -0.121. The third-order valence-corrected chi connectivity index (χ3v) is 6.12. The van der Waals surface area contributed by atoms with E-state index in [0.717, 1.165) is 11.3 Å². The van der Waals surface area contributed by atoms with Crippen LogP contribution in [0.3, 0.4) is 0 Å². The standard InChI is InChI=1S/C26H24N4O3/c31-23(28-16-14-18-8-5-6-15-27-18)13-7-17-29-24-19-9-1-2-10-20(19)26(33)30(24)22-12-4-3-11-21(22)25(29)32/h1-6,8-12,15,24H,7,13-14,16-17H2,(H,28,31). The van der Waals surface area contributed by atoms with Crippen molar-refractivity contribution >= 4 is 23.4 Å². The second-order valence-electron chi connectivity index (χ2n) is 8.18. The number of para-hydroxylation sites is 1. The van der Waals surface area contributed by atoms with Crippen LogP contribution >= 0.6 is 0 Å². The molecule has 166 valence electrons. The van der Waals surface area contributed by atoms with Crippen LogP contribution in [0, 0.1) is 0 Å². The number of hydrogen-bond donors (Lipinski definition) is 1. The first-order valence-electron chi connectivity index (χ1n) is 11.1. The predicted octanol–water partition coefficient (Wildman–Crippen LogP) is 3.34. The molecule has 7 nitrogen and oxygen atoms in total. The van der Waals surface area contributed by atoms with Crippen LogP contribution in [0.5, 0.6) is 0 Å². The Balaban J connectivity index is 1.27. The van der Waals surface area contributed by atoms with Gasteiger partial charge in [0.2, 0.25) is 5.91 Å². The van der Waals surface area contributed by atoms with E-state index in [0.29, 0.717) is 49.2 Å². The summed E-state index contributed by atoms with van der Waals surface area (Å²) in [6, 6.07) is 20.3. The monoisotopic (exact) mass is 440 g/mol. The van der Waals surface area contributed by atoms with Gasteiger partial charge in [0.15, 0.2) is 0 Å². The number of anilines is 1. The number of rotatable bonds is 7. The number of benzene rings is 2. The van der Waals surface area contributed by atoms with E-state index in [4.69, 9.17) is 0 Å². The van der Waals surface area contributed by atoms with Gasteiger partial charge in [0.1, 0.15) is 6.17 Å². The van der Waals surface area contributed by atoms with E-state index in [1.54, 1.807) is 34.2 Å². The van der Waals surface area contributed by atoms with Gasteiger partial charge in [-0.3, -0.25) is 24.3 Å². The van der Waals surface area contributed by atoms with Gasteiger partial charge < -0.3 is 10.2 Å². The van der Waals surface area contributed by atoms with Crippen molar-refractivity contribution in [3.63, 3.8) is 0 Å². The van der Waals surface area contributed by atoms with E-state index in [2.05, 4.69) is 10.3 Å². The predicted molar refractivity (Wildman–Crippen MR) is 124 cm³/mol. The largest absolute Gasteiger partial charge is 0.356 e. The van der Waals surface area contributed by atoms with Crippen molar-refractivity contribution in [1.29, 1.82) is 0 Å². The Hall–Kier alpha value is -4.00. The van der Waals surface area contributed by atoms with Crippen LogP contribution in [-0.4, -0.2) is 40.7 Å². The van der Waals surface area contributed by atoms with Gasteiger partial charge in [0.25, 0.3) is 11.8 Å². The van der Waals surface area contributed by atoms with E-state index in [1.165, 1.54) is 0 Å². The Morgan fingerprint density at radius 3 is 2.48 bits per heavy atom. The van der Waals surface area contributed by atoms with E-state index < -0.39 is 6.17 Å². The zero-order chi connectivity index (χ0) is 22.8. The maximum atomic E-state index is 13.4. The highest BCUT2D eigenvalue weighted by Crippen LogP contribution is 2.45. The molecular formula is C26H24N4O3. The number of nitrogens with one attached hydrogen (secondary N) is 1. The topological polar surface area (TPSA) is 82.6 Å². The number of carbonyl (C=O) groups is 3. The van der Waals surface area contributed by atoms with Crippen LogP contribution in [0.15, 0.2) is 72.9 Å². The average Bonchev–Trinajstić information content (AvgIpc) is 3.14. The third-order valence-electron chi connectivity index (χ3n) is 6.12. The van der Waals surface area contributed by atoms with Crippen molar-refractivity contribution in [3.05, 3.63) is 95.3 Å². The highest BCUT2D eigenvalue weighted by molar-refractivity contribution is 6.16. The first-order valence-corrected chi connectivity index (χ1v) is 11.1. The molecule has 33 heavy (non-hydrogen) atoms.